The van der Waals surface area contributed by atoms with E-state index >= 15 is 0 Å². The van der Waals surface area contributed by atoms with Gasteiger partial charge >= 0.3 is 0 Å². The Labute approximate surface area is 207 Å². The lowest BCUT2D eigenvalue weighted by Crippen LogP contribution is -2.38. The molecule has 0 atom stereocenters. The quantitative estimate of drug-likeness (QED) is 0.420. The van der Waals surface area contributed by atoms with Crippen molar-refractivity contribution in [2.24, 2.45) is 0 Å². The molecule has 3 aromatic rings. The predicted molar refractivity (Wildman–Crippen MR) is 130 cm³/mol. The molecule has 1 aliphatic heterocycles. The summed E-state index contributed by atoms with van der Waals surface area (Å²) < 4.78 is 32.7. The number of hydrogen-bond acceptors (Lipinski definition) is 6. The molecule has 0 fully saturated rings. The van der Waals surface area contributed by atoms with Gasteiger partial charge in [0.2, 0.25) is 5.91 Å². The van der Waals surface area contributed by atoms with Crippen LogP contribution in [0.25, 0.3) is 0 Å². The number of carbonyl (C=O) groups excluding carboxylic acids is 3. The maximum Gasteiger partial charge on any atom is 0.270 e. The van der Waals surface area contributed by atoms with E-state index in [9.17, 15) is 22.8 Å². The lowest BCUT2D eigenvalue weighted by Gasteiger charge is -2.24. The van der Waals surface area contributed by atoms with Gasteiger partial charge < -0.3 is 4.74 Å². The Morgan fingerprint density at radius 3 is 2.11 bits per heavy atom. The minimum absolute atomic E-state index is 0.0271. The molecular weight excluding hydrogens is 492 g/mol. The summed E-state index contributed by atoms with van der Waals surface area (Å²) in [5, 5.41) is 0.136. The summed E-state index contributed by atoms with van der Waals surface area (Å²) in [7, 11) is -2.85. The molecule has 0 radical (unpaired) electrons. The third kappa shape index (κ3) is 4.65. The second kappa shape index (κ2) is 9.89. The second-order valence-corrected chi connectivity index (χ2v) is 9.90. The van der Waals surface area contributed by atoms with Gasteiger partial charge in [-0.25, -0.2) is 12.7 Å². The highest BCUT2D eigenvalue weighted by atomic mass is 35.5. The molecule has 0 spiro atoms. The average Bonchev–Trinajstić information content (AvgIpc) is 3.10. The summed E-state index contributed by atoms with van der Waals surface area (Å²) >= 11 is 6.20. The van der Waals surface area contributed by atoms with E-state index in [2.05, 4.69) is 0 Å². The summed E-state index contributed by atoms with van der Waals surface area (Å²) in [5.41, 5.74) is 0.667. The third-order valence-corrected chi connectivity index (χ3v) is 7.59. The van der Waals surface area contributed by atoms with Gasteiger partial charge in [0, 0.05) is 13.0 Å². The van der Waals surface area contributed by atoms with E-state index < -0.39 is 27.7 Å². The van der Waals surface area contributed by atoms with E-state index in [1.165, 1.54) is 37.4 Å². The zero-order chi connectivity index (χ0) is 25.2. The molecule has 180 valence electrons. The van der Waals surface area contributed by atoms with Crippen molar-refractivity contribution in [3.8, 4) is 5.75 Å². The van der Waals surface area contributed by atoms with Gasteiger partial charge in [-0.1, -0.05) is 41.9 Å². The van der Waals surface area contributed by atoms with Crippen LogP contribution in [0.1, 0.15) is 33.6 Å². The van der Waals surface area contributed by atoms with E-state index in [4.69, 9.17) is 16.3 Å². The first kappa shape index (κ1) is 24.4. The first-order valence-corrected chi connectivity index (χ1v) is 12.5. The van der Waals surface area contributed by atoms with Gasteiger partial charge in [-0.15, -0.1) is 0 Å². The van der Waals surface area contributed by atoms with Gasteiger partial charge in [-0.05, 0) is 48.9 Å². The highest BCUT2D eigenvalue weighted by Crippen LogP contribution is 2.32. The summed E-state index contributed by atoms with van der Waals surface area (Å²) in [6.07, 6.45) is -0.155. The predicted octanol–water partition coefficient (Wildman–Crippen LogP) is 4.15. The topological polar surface area (TPSA) is 101 Å². The molecule has 0 saturated heterocycles. The normalized spacial score (nSPS) is 13.0. The van der Waals surface area contributed by atoms with E-state index in [0.29, 0.717) is 21.2 Å². The molecule has 0 N–H and O–H groups in total. The number of hydrogen-bond donors (Lipinski definition) is 0. The number of anilines is 1. The van der Waals surface area contributed by atoms with Crippen molar-refractivity contribution in [2.45, 2.75) is 17.7 Å². The molecule has 0 unspecified atom stereocenters. The molecular formula is C25H21ClN2O6S. The van der Waals surface area contributed by atoms with Crippen molar-refractivity contribution in [1.29, 1.82) is 0 Å². The smallest absolute Gasteiger partial charge is 0.270 e. The molecule has 1 aliphatic rings. The number of sulfonamides is 1. The van der Waals surface area contributed by atoms with Crippen LogP contribution < -0.4 is 9.04 Å². The monoisotopic (exact) mass is 512 g/mol. The number of fused-ring (bicyclic) bond motifs is 1. The van der Waals surface area contributed by atoms with Crippen LogP contribution >= 0.6 is 11.6 Å². The van der Waals surface area contributed by atoms with Crippen molar-refractivity contribution in [3.63, 3.8) is 0 Å². The first-order chi connectivity index (χ1) is 16.8. The van der Waals surface area contributed by atoms with Crippen molar-refractivity contribution in [2.75, 3.05) is 18.0 Å². The molecule has 1 heterocycles. The van der Waals surface area contributed by atoms with Crippen molar-refractivity contribution >= 4 is 45.0 Å². The fraction of sp³-hybridized carbons (Fsp3) is 0.160. The fourth-order valence-electron chi connectivity index (χ4n) is 3.83. The van der Waals surface area contributed by atoms with Crippen molar-refractivity contribution in [3.05, 3.63) is 88.9 Å². The summed E-state index contributed by atoms with van der Waals surface area (Å²) in [6, 6.07) is 18.3. The van der Waals surface area contributed by atoms with Crippen LogP contribution in [0, 0.1) is 0 Å². The van der Waals surface area contributed by atoms with Crippen LogP contribution in [0.4, 0.5) is 5.69 Å². The Balaban J connectivity index is 1.57. The molecule has 0 bridgehead atoms. The Morgan fingerprint density at radius 2 is 1.54 bits per heavy atom. The van der Waals surface area contributed by atoms with Crippen molar-refractivity contribution < 1.29 is 27.5 Å². The summed E-state index contributed by atoms with van der Waals surface area (Å²) in [5.74, 6) is -1.28. The summed E-state index contributed by atoms with van der Waals surface area (Å²) in [4.78, 5) is 39.4. The molecule has 4 rings (SSSR count). The van der Waals surface area contributed by atoms with Crippen LogP contribution in [-0.4, -0.2) is 44.7 Å². The highest BCUT2D eigenvalue weighted by Gasteiger charge is 2.35. The largest absolute Gasteiger partial charge is 0.495 e. The van der Waals surface area contributed by atoms with Gasteiger partial charge in [0.1, 0.15) is 5.75 Å². The maximum atomic E-state index is 13.4. The number of benzene rings is 3. The number of rotatable bonds is 8. The molecule has 8 nitrogen and oxygen atoms in total. The van der Waals surface area contributed by atoms with Gasteiger partial charge in [-0.3, -0.25) is 19.3 Å². The number of amides is 3. The van der Waals surface area contributed by atoms with Gasteiger partial charge in [0.25, 0.3) is 21.8 Å². The number of nitrogens with zero attached hydrogens (tertiary/aromatic N) is 2. The van der Waals surface area contributed by atoms with Crippen LogP contribution in [0.15, 0.2) is 77.7 Å². The molecule has 35 heavy (non-hydrogen) atoms. The van der Waals surface area contributed by atoms with Gasteiger partial charge in [-0.2, -0.15) is 0 Å². The van der Waals surface area contributed by atoms with Crippen LogP contribution in [0.2, 0.25) is 5.02 Å². The van der Waals surface area contributed by atoms with E-state index in [0.717, 1.165) is 4.90 Å². The molecule has 0 saturated carbocycles. The van der Waals surface area contributed by atoms with Crippen LogP contribution in [0.3, 0.4) is 0 Å². The Bertz CT molecular complexity index is 1370. The van der Waals surface area contributed by atoms with Gasteiger partial charge in [0.05, 0.1) is 33.8 Å². The SMILES string of the molecule is COc1ccc(N(C(=O)CCCN2C(=O)c3ccccc3C2=O)S(=O)(=O)c2ccccc2)cc1Cl. The van der Waals surface area contributed by atoms with Crippen LogP contribution in [-0.2, 0) is 14.8 Å². The molecule has 10 heteroatoms. The highest BCUT2D eigenvalue weighted by molar-refractivity contribution is 7.93. The molecule has 0 aliphatic carbocycles. The van der Waals surface area contributed by atoms with E-state index in [1.807, 2.05) is 0 Å². The summed E-state index contributed by atoms with van der Waals surface area (Å²) in [6.45, 7) is -0.0271. The minimum atomic E-state index is -4.27. The number of methoxy groups -OCH3 is 1. The van der Waals surface area contributed by atoms with E-state index in [1.54, 1.807) is 42.5 Å². The number of carbonyl (C=O) groups is 3. The van der Waals surface area contributed by atoms with Crippen LogP contribution in [0.5, 0.6) is 5.75 Å². The standard InChI is InChI=1S/C25H21ClN2O6S/c1-34-22-14-13-17(16-21(22)26)28(35(32,33)18-8-3-2-4-9-18)23(29)12-7-15-27-24(30)19-10-5-6-11-20(19)25(27)31/h2-6,8-11,13-14,16H,7,12,15H2,1H3. The maximum absolute atomic E-state index is 13.4. The average molecular weight is 513 g/mol. The Morgan fingerprint density at radius 1 is 0.943 bits per heavy atom. The minimum Gasteiger partial charge on any atom is -0.495 e. The lowest BCUT2D eigenvalue weighted by atomic mass is 10.1. The number of ether oxygens (including phenoxy) is 1. The van der Waals surface area contributed by atoms with Crippen molar-refractivity contribution in [1.82, 2.24) is 4.90 Å². The Hall–Kier alpha value is -3.69. The fourth-order valence-corrected chi connectivity index (χ4v) is 5.54. The number of halogens is 1. The first-order valence-electron chi connectivity index (χ1n) is 10.7. The third-order valence-electron chi connectivity index (χ3n) is 5.53. The molecule has 0 aromatic heterocycles. The second-order valence-electron chi connectivity index (χ2n) is 7.71. The Kier molecular flexibility index (Phi) is 6.90. The zero-order valence-corrected chi connectivity index (χ0v) is 20.3. The lowest BCUT2D eigenvalue weighted by molar-refractivity contribution is -0.117. The molecule has 3 amide bonds. The van der Waals surface area contributed by atoms with Gasteiger partial charge in [0.15, 0.2) is 0 Å². The van der Waals surface area contributed by atoms with E-state index in [-0.39, 0.29) is 35.0 Å². The number of imide groups is 1. The zero-order valence-electron chi connectivity index (χ0n) is 18.7. The molecule has 3 aromatic carbocycles.